The lowest BCUT2D eigenvalue weighted by Gasteiger charge is -2.34. The molecule has 0 aromatic carbocycles. The molecule has 0 spiro atoms. The smallest absolute Gasteiger partial charge is 0.340 e. The minimum atomic E-state index is -1.71. The maximum Gasteiger partial charge on any atom is 0.340 e. The van der Waals surface area contributed by atoms with Gasteiger partial charge in [-0.25, -0.2) is 19.7 Å². The van der Waals surface area contributed by atoms with Gasteiger partial charge in [0.05, 0.1) is 11.2 Å². The number of aliphatic hydroxyl groups excluding tert-OH is 1. The van der Waals surface area contributed by atoms with E-state index < -0.39 is 52.7 Å². The van der Waals surface area contributed by atoms with Crippen molar-refractivity contribution in [1.29, 1.82) is 0 Å². The molecule has 4 rings (SSSR count). The number of alkyl halides is 1. The number of halogens is 1. The number of hydrogen-bond acceptors (Lipinski definition) is 11. The van der Waals surface area contributed by atoms with E-state index in [1.54, 1.807) is 4.57 Å². The molecule has 2 fully saturated rings. The Morgan fingerprint density at radius 1 is 1.35 bits per heavy atom. The number of carbonyl (C=O) groups is 2. The fourth-order valence-corrected chi connectivity index (χ4v) is 4.59. The van der Waals surface area contributed by atoms with Gasteiger partial charge in [-0.1, -0.05) is 15.9 Å². The third kappa shape index (κ3) is 3.54. The second-order valence-corrected chi connectivity index (χ2v) is 9.11. The molecule has 12 nitrogen and oxygen atoms in total. The zero-order valence-corrected chi connectivity index (χ0v) is 18.8. The molecule has 3 N–H and O–H groups in total. The minimum absolute atomic E-state index is 0.196. The molecule has 0 saturated carbocycles. The molecule has 4 heterocycles. The Morgan fingerprint density at radius 3 is 2.68 bits per heavy atom. The molecule has 6 atom stereocenters. The van der Waals surface area contributed by atoms with Crippen LogP contribution in [0.2, 0.25) is 0 Å². The Labute approximate surface area is 185 Å². The molecule has 2 aliphatic rings. The number of anilines is 1. The molecule has 0 radical (unpaired) electrons. The number of fused-ring (bicyclic) bond motifs is 1. The number of nitrogen functional groups attached to an aromatic ring is 1. The van der Waals surface area contributed by atoms with E-state index in [2.05, 4.69) is 30.9 Å². The van der Waals surface area contributed by atoms with Gasteiger partial charge in [-0.15, -0.1) is 0 Å². The van der Waals surface area contributed by atoms with Crippen LogP contribution in [0.25, 0.3) is 11.2 Å². The Balaban J connectivity index is 1.69. The first kappa shape index (κ1) is 21.9. The molecule has 168 valence electrons. The molecule has 2 aliphatic heterocycles. The van der Waals surface area contributed by atoms with Crippen LogP contribution in [0.4, 0.5) is 5.82 Å². The molecular formula is C18H22BrN5O7. The Morgan fingerprint density at radius 2 is 2.06 bits per heavy atom. The molecule has 0 bridgehead atoms. The van der Waals surface area contributed by atoms with E-state index in [-0.39, 0.29) is 5.82 Å². The highest BCUT2D eigenvalue weighted by Crippen LogP contribution is 2.44. The molecule has 2 unspecified atom stereocenters. The van der Waals surface area contributed by atoms with Crippen LogP contribution in [0.15, 0.2) is 12.7 Å². The first-order valence-corrected chi connectivity index (χ1v) is 10.4. The van der Waals surface area contributed by atoms with Crippen LogP contribution in [0.1, 0.15) is 33.9 Å². The van der Waals surface area contributed by atoms with E-state index >= 15 is 0 Å². The maximum absolute atomic E-state index is 12.2. The monoisotopic (exact) mass is 499 g/mol. The lowest BCUT2D eigenvalue weighted by atomic mass is 10.0. The van der Waals surface area contributed by atoms with Crippen LogP contribution in [0, 0.1) is 0 Å². The summed E-state index contributed by atoms with van der Waals surface area (Å²) in [5.41, 5.74) is 5.37. The van der Waals surface area contributed by atoms with Crippen LogP contribution >= 0.6 is 15.9 Å². The van der Waals surface area contributed by atoms with Crippen molar-refractivity contribution < 1.29 is 33.6 Å². The minimum Gasteiger partial charge on any atom is -0.458 e. The third-order valence-electron chi connectivity index (χ3n) is 5.26. The first-order chi connectivity index (χ1) is 14.4. The highest BCUT2D eigenvalue weighted by atomic mass is 79.9. The van der Waals surface area contributed by atoms with E-state index in [0.29, 0.717) is 11.2 Å². The zero-order chi connectivity index (χ0) is 22.7. The quantitative estimate of drug-likeness (QED) is 0.443. The number of aromatic nitrogens is 4. The summed E-state index contributed by atoms with van der Waals surface area (Å²) in [5.74, 6) is -2.72. The van der Waals surface area contributed by atoms with Crippen molar-refractivity contribution in [3.8, 4) is 0 Å². The van der Waals surface area contributed by atoms with Gasteiger partial charge < -0.3 is 29.8 Å². The molecule has 2 aromatic rings. The number of imidazole rings is 1. The normalized spacial score (nSPS) is 33.4. The lowest BCUT2D eigenvalue weighted by Crippen LogP contribution is -2.53. The van der Waals surface area contributed by atoms with Crippen molar-refractivity contribution in [3.05, 3.63) is 12.7 Å². The van der Waals surface area contributed by atoms with E-state index in [1.807, 2.05) is 0 Å². The van der Waals surface area contributed by atoms with Gasteiger partial charge in [-0.3, -0.25) is 9.36 Å². The second kappa shape index (κ2) is 7.36. The van der Waals surface area contributed by atoms with E-state index in [0.717, 1.165) is 0 Å². The van der Waals surface area contributed by atoms with Gasteiger partial charge >= 0.3 is 11.9 Å². The van der Waals surface area contributed by atoms with Crippen molar-refractivity contribution in [2.45, 2.75) is 68.5 Å². The number of hydrogen-bond donors (Lipinski definition) is 2. The van der Waals surface area contributed by atoms with Crippen LogP contribution in [0.3, 0.4) is 0 Å². The summed E-state index contributed by atoms with van der Waals surface area (Å²) in [6, 6.07) is 0. The van der Waals surface area contributed by atoms with Crippen LogP contribution in [0.5, 0.6) is 0 Å². The number of cyclic esters (lactones) is 1. The maximum atomic E-state index is 12.2. The Hall–Kier alpha value is -2.35. The summed E-state index contributed by atoms with van der Waals surface area (Å²) < 4.78 is 24.2. The number of carbonyl (C=O) groups excluding carboxylic acids is 2. The van der Waals surface area contributed by atoms with E-state index in [4.69, 9.17) is 24.7 Å². The van der Waals surface area contributed by atoms with Gasteiger partial charge in [0.25, 0.3) is 0 Å². The van der Waals surface area contributed by atoms with E-state index in [1.165, 1.54) is 40.3 Å². The molecule has 31 heavy (non-hydrogen) atoms. The zero-order valence-electron chi connectivity index (χ0n) is 17.2. The van der Waals surface area contributed by atoms with Gasteiger partial charge in [-0.05, 0) is 13.8 Å². The first-order valence-electron chi connectivity index (χ1n) is 9.46. The predicted octanol–water partition coefficient (Wildman–Crippen LogP) is 0.430. The highest BCUT2D eigenvalue weighted by Gasteiger charge is 2.61. The van der Waals surface area contributed by atoms with Crippen LogP contribution in [-0.2, 0) is 28.5 Å². The van der Waals surface area contributed by atoms with Crippen molar-refractivity contribution in [1.82, 2.24) is 19.5 Å². The van der Waals surface area contributed by atoms with Gasteiger partial charge in [0, 0.05) is 13.8 Å². The third-order valence-corrected chi connectivity index (χ3v) is 6.24. The number of nitrogens with two attached hydrogens (primary N) is 1. The summed E-state index contributed by atoms with van der Waals surface area (Å²) in [5, 5.41) is 11.1. The number of aliphatic hydroxyl groups is 1. The van der Waals surface area contributed by atoms with Gasteiger partial charge in [0.15, 0.2) is 23.3 Å². The molecule has 13 heteroatoms. The average Bonchev–Trinajstić information content (AvgIpc) is 3.29. The molecule has 2 aromatic heterocycles. The van der Waals surface area contributed by atoms with Crippen molar-refractivity contribution in [3.63, 3.8) is 0 Å². The van der Waals surface area contributed by atoms with Crippen molar-refractivity contribution in [2.24, 2.45) is 0 Å². The van der Waals surface area contributed by atoms with Crippen molar-refractivity contribution >= 4 is 44.9 Å². The molecule has 2 saturated heterocycles. The fraction of sp³-hybridized carbons (Fsp3) is 0.611. The summed E-state index contributed by atoms with van der Waals surface area (Å²) >= 11 is 3.51. The molecular weight excluding hydrogens is 478 g/mol. The average molecular weight is 500 g/mol. The number of rotatable bonds is 4. The summed E-state index contributed by atoms with van der Waals surface area (Å²) in [7, 11) is 0. The summed E-state index contributed by atoms with van der Waals surface area (Å²) in [4.78, 5) is 35.6. The second-order valence-electron chi connectivity index (χ2n) is 8.06. The van der Waals surface area contributed by atoms with Gasteiger partial charge in [0.1, 0.15) is 30.2 Å². The van der Waals surface area contributed by atoms with Crippen LogP contribution < -0.4 is 5.73 Å². The topological polar surface area (TPSA) is 161 Å². The summed E-state index contributed by atoms with van der Waals surface area (Å²) in [6.45, 7) is 5.73. The van der Waals surface area contributed by atoms with Gasteiger partial charge in [0.2, 0.25) is 5.79 Å². The van der Waals surface area contributed by atoms with Crippen LogP contribution in [-0.4, -0.2) is 71.1 Å². The summed E-state index contributed by atoms with van der Waals surface area (Å²) in [6.07, 6.45) is -1.58. The van der Waals surface area contributed by atoms with Gasteiger partial charge in [-0.2, -0.15) is 0 Å². The Kier molecular flexibility index (Phi) is 5.19. The van der Waals surface area contributed by atoms with E-state index in [9.17, 15) is 14.7 Å². The largest absolute Gasteiger partial charge is 0.458 e. The standard InChI is InChI=1S/C18H22BrN5O7/c1-7(25)28-10-8(19)15(24-6-23-9-13(20)21-5-22-14(9)24)29-11(10)12(26)18(4)30-16(27)17(2,3)31-18/h5-6,8,10-12,15,26H,1-4H3,(H2,20,21,22)/t8-,10+,11+,12?,15-,18?/m1/s1. The Bertz CT molecular complexity index is 1050. The highest BCUT2D eigenvalue weighted by molar-refractivity contribution is 9.09. The molecule has 0 aliphatic carbocycles. The lowest BCUT2D eigenvalue weighted by molar-refractivity contribution is -0.257. The SMILES string of the molecule is CC(=O)O[C@H]1[C@@H](Br)[C@H](n2cnc3c(N)ncnc32)O[C@@H]1C(O)C1(C)OC(=O)C(C)(C)O1. The predicted molar refractivity (Wildman–Crippen MR) is 108 cm³/mol. The number of esters is 2. The van der Waals surface area contributed by atoms with Crippen molar-refractivity contribution in [2.75, 3.05) is 5.73 Å². The fourth-order valence-electron chi connectivity index (χ4n) is 3.81. The molecule has 0 amide bonds. The number of ether oxygens (including phenoxy) is 4. The number of nitrogens with zero attached hydrogens (tertiary/aromatic N) is 4.